The minimum Gasteiger partial charge on any atom is -0.351 e. The van der Waals surface area contributed by atoms with Gasteiger partial charge in [-0.1, -0.05) is 0 Å². The van der Waals surface area contributed by atoms with Crippen LogP contribution in [0.5, 0.6) is 0 Å². The molecule has 0 aliphatic carbocycles. The zero-order valence-electron chi connectivity index (χ0n) is 11.8. The van der Waals surface area contributed by atoms with E-state index in [0.29, 0.717) is 18.5 Å². The highest BCUT2D eigenvalue weighted by Crippen LogP contribution is 2.11. The van der Waals surface area contributed by atoms with Gasteiger partial charge in [-0.25, -0.2) is 4.98 Å². The van der Waals surface area contributed by atoms with Gasteiger partial charge in [0.05, 0.1) is 11.3 Å². The summed E-state index contributed by atoms with van der Waals surface area (Å²) in [6.45, 7) is 4.31. The van der Waals surface area contributed by atoms with Gasteiger partial charge in [-0.2, -0.15) is 5.10 Å². The number of rotatable bonds is 4. The van der Waals surface area contributed by atoms with Crippen LogP contribution in [0.3, 0.4) is 0 Å². The van der Waals surface area contributed by atoms with Gasteiger partial charge in [-0.3, -0.25) is 9.48 Å². The van der Waals surface area contributed by atoms with Crippen LogP contribution < -0.4 is 5.32 Å². The zero-order valence-corrected chi connectivity index (χ0v) is 11.8. The minimum atomic E-state index is -0.0719. The molecule has 2 heterocycles. The van der Waals surface area contributed by atoms with E-state index in [4.69, 9.17) is 0 Å². The normalized spacial score (nSPS) is 10.7. The van der Waals surface area contributed by atoms with Crippen LogP contribution in [0.25, 0.3) is 0 Å². The first-order chi connectivity index (χ1) is 9.00. The topological polar surface area (TPSA) is 64.7 Å². The van der Waals surface area contributed by atoms with E-state index in [9.17, 15) is 4.79 Å². The Hall–Kier alpha value is -2.11. The van der Waals surface area contributed by atoms with Gasteiger partial charge in [0, 0.05) is 45.1 Å². The average Bonchev–Trinajstić information content (AvgIpc) is 2.85. The molecule has 0 spiro atoms. The van der Waals surface area contributed by atoms with Crippen LogP contribution in [0.1, 0.15) is 27.6 Å². The molecule has 2 rings (SSSR count). The summed E-state index contributed by atoms with van der Waals surface area (Å²) in [4.78, 5) is 16.3. The first kappa shape index (κ1) is 13.3. The summed E-state index contributed by atoms with van der Waals surface area (Å²) in [5.74, 6) is 0.886. The Balaban J connectivity index is 1.97. The Kier molecular flexibility index (Phi) is 3.69. The Labute approximate surface area is 112 Å². The molecule has 1 N–H and O–H groups in total. The number of hydrogen-bond donors (Lipinski definition) is 1. The van der Waals surface area contributed by atoms with E-state index in [1.807, 2.05) is 38.7 Å². The predicted octanol–water partition coefficient (Wildman–Crippen LogP) is 0.743. The third-order valence-corrected chi connectivity index (χ3v) is 3.29. The summed E-state index contributed by atoms with van der Waals surface area (Å²) in [5.41, 5.74) is 2.31. The molecule has 0 aliphatic rings. The number of nitrogens with zero attached hydrogens (tertiary/aromatic N) is 4. The summed E-state index contributed by atoms with van der Waals surface area (Å²) in [6.07, 6.45) is 4.37. The zero-order chi connectivity index (χ0) is 14.0. The molecule has 0 radical (unpaired) electrons. The molecular weight excluding hydrogens is 242 g/mol. The second-order valence-corrected chi connectivity index (χ2v) is 4.63. The monoisotopic (exact) mass is 261 g/mol. The SMILES string of the molecule is Cc1nn(C)c(C)c1C(=O)NCCc1nccn1C. The second-order valence-electron chi connectivity index (χ2n) is 4.63. The van der Waals surface area contributed by atoms with Gasteiger partial charge in [0.1, 0.15) is 5.82 Å². The van der Waals surface area contributed by atoms with Crippen LogP contribution in [0.2, 0.25) is 0 Å². The first-order valence-corrected chi connectivity index (χ1v) is 6.25. The van der Waals surface area contributed by atoms with Crippen LogP contribution in [-0.2, 0) is 20.5 Å². The highest BCUT2D eigenvalue weighted by Gasteiger charge is 2.16. The number of imidazole rings is 1. The van der Waals surface area contributed by atoms with Crippen molar-refractivity contribution in [1.29, 1.82) is 0 Å². The third-order valence-electron chi connectivity index (χ3n) is 3.29. The Morgan fingerprint density at radius 2 is 2.11 bits per heavy atom. The van der Waals surface area contributed by atoms with E-state index >= 15 is 0 Å². The maximum atomic E-state index is 12.1. The van der Waals surface area contributed by atoms with E-state index in [0.717, 1.165) is 17.2 Å². The third kappa shape index (κ3) is 2.67. The maximum absolute atomic E-state index is 12.1. The van der Waals surface area contributed by atoms with Crippen molar-refractivity contribution in [3.05, 3.63) is 35.2 Å². The minimum absolute atomic E-state index is 0.0719. The van der Waals surface area contributed by atoms with Crippen molar-refractivity contribution < 1.29 is 4.79 Å². The quantitative estimate of drug-likeness (QED) is 0.883. The van der Waals surface area contributed by atoms with E-state index < -0.39 is 0 Å². The molecule has 6 nitrogen and oxygen atoms in total. The summed E-state index contributed by atoms with van der Waals surface area (Å²) in [5, 5.41) is 7.16. The molecule has 2 aromatic heterocycles. The second kappa shape index (κ2) is 5.26. The Bertz CT molecular complexity index is 596. The molecule has 0 aromatic carbocycles. The fourth-order valence-electron chi connectivity index (χ4n) is 2.12. The Morgan fingerprint density at radius 3 is 2.63 bits per heavy atom. The van der Waals surface area contributed by atoms with Crippen molar-refractivity contribution in [3.63, 3.8) is 0 Å². The van der Waals surface area contributed by atoms with Crippen LogP contribution in [-0.4, -0.2) is 31.8 Å². The molecule has 0 saturated carbocycles. The number of carbonyl (C=O) groups excluding carboxylic acids is 1. The lowest BCUT2D eigenvalue weighted by Crippen LogP contribution is -2.27. The number of carbonyl (C=O) groups is 1. The largest absolute Gasteiger partial charge is 0.351 e. The van der Waals surface area contributed by atoms with E-state index in [1.165, 1.54) is 0 Å². The van der Waals surface area contributed by atoms with E-state index in [2.05, 4.69) is 15.4 Å². The molecule has 0 atom stereocenters. The van der Waals surface area contributed by atoms with Crippen LogP contribution in [0.15, 0.2) is 12.4 Å². The molecule has 0 fully saturated rings. The van der Waals surface area contributed by atoms with Crippen molar-refractivity contribution in [3.8, 4) is 0 Å². The molecule has 6 heteroatoms. The van der Waals surface area contributed by atoms with E-state index in [-0.39, 0.29) is 5.91 Å². The van der Waals surface area contributed by atoms with Gasteiger partial charge in [0.15, 0.2) is 0 Å². The van der Waals surface area contributed by atoms with Crippen molar-refractivity contribution in [2.45, 2.75) is 20.3 Å². The summed E-state index contributed by atoms with van der Waals surface area (Å²) in [6, 6.07) is 0. The van der Waals surface area contributed by atoms with Gasteiger partial charge < -0.3 is 9.88 Å². The van der Waals surface area contributed by atoms with Gasteiger partial charge in [-0.05, 0) is 13.8 Å². The average molecular weight is 261 g/mol. The summed E-state index contributed by atoms with van der Waals surface area (Å²) >= 11 is 0. The number of hydrogen-bond acceptors (Lipinski definition) is 3. The highest BCUT2D eigenvalue weighted by molar-refractivity contribution is 5.96. The van der Waals surface area contributed by atoms with Crippen molar-refractivity contribution >= 4 is 5.91 Å². The summed E-state index contributed by atoms with van der Waals surface area (Å²) in [7, 11) is 3.78. The van der Waals surface area contributed by atoms with Crippen LogP contribution >= 0.6 is 0 Å². The molecule has 0 saturated heterocycles. The highest BCUT2D eigenvalue weighted by atomic mass is 16.1. The first-order valence-electron chi connectivity index (χ1n) is 6.25. The standard InChI is InChI=1S/C13H19N5O/c1-9-12(10(2)18(4)16-9)13(19)15-6-5-11-14-7-8-17(11)3/h7-8H,5-6H2,1-4H3,(H,15,19). The maximum Gasteiger partial charge on any atom is 0.255 e. The molecule has 0 aliphatic heterocycles. The van der Waals surface area contributed by atoms with Crippen LogP contribution in [0, 0.1) is 13.8 Å². The number of aryl methyl sites for hydroxylation is 3. The van der Waals surface area contributed by atoms with Crippen molar-refractivity contribution in [2.75, 3.05) is 6.54 Å². The molecule has 2 aromatic rings. The number of amides is 1. The van der Waals surface area contributed by atoms with E-state index in [1.54, 1.807) is 10.9 Å². The predicted molar refractivity (Wildman–Crippen MR) is 71.9 cm³/mol. The molecule has 1 amide bonds. The van der Waals surface area contributed by atoms with Crippen molar-refractivity contribution in [2.24, 2.45) is 14.1 Å². The number of aromatic nitrogens is 4. The lowest BCUT2D eigenvalue weighted by Gasteiger charge is -2.06. The summed E-state index contributed by atoms with van der Waals surface area (Å²) < 4.78 is 3.68. The lowest BCUT2D eigenvalue weighted by molar-refractivity contribution is 0.0952. The van der Waals surface area contributed by atoms with Crippen LogP contribution in [0.4, 0.5) is 0 Å². The fourth-order valence-corrected chi connectivity index (χ4v) is 2.12. The molecule has 0 unspecified atom stereocenters. The van der Waals surface area contributed by atoms with Crippen molar-refractivity contribution in [1.82, 2.24) is 24.6 Å². The van der Waals surface area contributed by atoms with Gasteiger partial charge in [0.25, 0.3) is 5.91 Å². The molecule has 19 heavy (non-hydrogen) atoms. The lowest BCUT2D eigenvalue weighted by atomic mass is 10.2. The van der Waals surface area contributed by atoms with Gasteiger partial charge in [-0.15, -0.1) is 0 Å². The Morgan fingerprint density at radius 1 is 1.37 bits per heavy atom. The molecule has 0 bridgehead atoms. The fraction of sp³-hybridized carbons (Fsp3) is 0.462. The molecular formula is C13H19N5O. The smallest absolute Gasteiger partial charge is 0.255 e. The molecule has 102 valence electrons. The number of nitrogens with one attached hydrogen (secondary N) is 1. The van der Waals surface area contributed by atoms with Gasteiger partial charge in [0.2, 0.25) is 0 Å². The van der Waals surface area contributed by atoms with Gasteiger partial charge >= 0.3 is 0 Å².